The largest absolute Gasteiger partial charge is 0.381 e. The van der Waals surface area contributed by atoms with E-state index in [0.29, 0.717) is 18.2 Å². The lowest BCUT2D eigenvalue weighted by Gasteiger charge is -2.07. The first-order valence-electron chi connectivity index (χ1n) is 5.73. The van der Waals surface area contributed by atoms with Crippen LogP contribution in [0.5, 0.6) is 0 Å². The molecule has 2 aromatic heterocycles. The van der Waals surface area contributed by atoms with Gasteiger partial charge in [-0.25, -0.2) is 9.97 Å². The van der Waals surface area contributed by atoms with Crippen LogP contribution in [-0.2, 0) is 6.54 Å². The first kappa shape index (κ1) is 12.4. The van der Waals surface area contributed by atoms with E-state index in [0.717, 1.165) is 14.8 Å². The molecule has 2 heterocycles. The lowest BCUT2D eigenvalue weighted by atomic mass is 10.3. The number of nitrogens with one attached hydrogen (secondary N) is 1. The van der Waals surface area contributed by atoms with Crippen LogP contribution in [0, 0.1) is 0 Å². The minimum atomic E-state index is 0.425. The number of thiophene rings is 1. The number of hydrogen-bond donors (Lipinski definition) is 2. The molecule has 1 aromatic carbocycles. The number of nitrogen functional groups attached to an aromatic ring is 1. The van der Waals surface area contributed by atoms with E-state index in [1.54, 1.807) is 11.3 Å². The molecule has 0 saturated heterocycles. The van der Waals surface area contributed by atoms with Crippen molar-refractivity contribution < 1.29 is 0 Å². The Morgan fingerprint density at radius 2 is 1.84 bits per heavy atom. The van der Waals surface area contributed by atoms with Crippen LogP contribution >= 0.6 is 27.3 Å². The molecule has 0 aliphatic carbocycles. The number of fused-ring (bicyclic) bond motifs is 1. The van der Waals surface area contributed by atoms with Crippen LogP contribution in [-0.4, -0.2) is 9.97 Å². The second-order valence-electron chi connectivity index (χ2n) is 4.01. The summed E-state index contributed by atoms with van der Waals surface area (Å²) in [6.45, 7) is 0.688. The molecule has 3 N–H and O–H groups in total. The van der Waals surface area contributed by atoms with Crippen molar-refractivity contribution in [2.75, 3.05) is 11.1 Å². The van der Waals surface area contributed by atoms with Gasteiger partial charge in [-0.1, -0.05) is 12.1 Å². The van der Waals surface area contributed by atoms with E-state index >= 15 is 0 Å². The molecule has 3 rings (SSSR count). The van der Waals surface area contributed by atoms with Crippen LogP contribution < -0.4 is 11.1 Å². The molecule has 6 heteroatoms. The molecule has 0 atom stereocenters. The Balaban J connectivity index is 1.86. The lowest BCUT2D eigenvalue weighted by Crippen LogP contribution is -2.05. The number of hydrogen-bond acceptors (Lipinski definition) is 5. The molecule has 19 heavy (non-hydrogen) atoms. The van der Waals surface area contributed by atoms with E-state index in [4.69, 9.17) is 5.73 Å². The molecule has 4 nitrogen and oxygen atoms in total. The third-order valence-electron chi connectivity index (χ3n) is 2.66. The van der Waals surface area contributed by atoms with Crippen molar-refractivity contribution in [1.82, 2.24) is 9.97 Å². The zero-order valence-electron chi connectivity index (χ0n) is 9.93. The molecular formula is C13H11BrN4S. The monoisotopic (exact) mass is 334 g/mol. The van der Waals surface area contributed by atoms with Gasteiger partial charge in [-0.2, -0.15) is 0 Å². The highest BCUT2D eigenvalue weighted by atomic mass is 79.9. The molecule has 0 aliphatic heterocycles. The van der Waals surface area contributed by atoms with E-state index in [1.807, 2.05) is 30.3 Å². The van der Waals surface area contributed by atoms with Gasteiger partial charge in [-0.05, 0) is 40.2 Å². The van der Waals surface area contributed by atoms with Crippen molar-refractivity contribution in [3.05, 3.63) is 45.1 Å². The average Bonchev–Trinajstić information content (AvgIpc) is 2.82. The summed E-state index contributed by atoms with van der Waals surface area (Å²) in [5, 5.41) is 3.23. The molecule has 96 valence electrons. The highest BCUT2D eigenvalue weighted by Gasteiger charge is 2.06. The number of anilines is 2. The second kappa shape index (κ2) is 5.14. The van der Waals surface area contributed by atoms with Crippen molar-refractivity contribution in [2.45, 2.75) is 6.54 Å². The number of rotatable bonds is 3. The first-order chi connectivity index (χ1) is 9.22. The summed E-state index contributed by atoms with van der Waals surface area (Å²) in [6, 6.07) is 11.8. The Bertz CT molecular complexity index is 725. The molecule has 0 fully saturated rings. The predicted molar refractivity (Wildman–Crippen MR) is 83.3 cm³/mol. The molecule has 0 radical (unpaired) electrons. The fourth-order valence-corrected chi connectivity index (χ4v) is 3.18. The summed E-state index contributed by atoms with van der Waals surface area (Å²) in [7, 11) is 0. The summed E-state index contributed by atoms with van der Waals surface area (Å²) in [4.78, 5) is 10.0. The zero-order chi connectivity index (χ0) is 13.2. The molecule has 0 unspecified atom stereocenters. The first-order valence-corrected chi connectivity index (χ1v) is 7.33. The Kier molecular flexibility index (Phi) is 3.35. The van der Waals surface area contributed by atoms with Crippen LogP contribution in [0.4, 0.5) is 11.6 Å². The maximum Gasteiger partial charge on any atom is 0.169 e. The molecule has 0 aliphatic rings. The Morgan fingerprint density at radius 1 is 1.11 bits per heavy atom. The summed E-state index contributed by atoms with van der Waals surface area (Å²) in [6.07, 6.45) is 0. The lowest BCUT2D eigenvalue weighted by molar-refractivity contribution is 1.14. The van der Waals surface area contributed by atoms with Gasteiger partial charge >= 0.3 is 0 Å². The van der Waals surface area contributed by atoms with Crippen molar-refractivity contribution in [2.24, 2.45) is 0 Å². The fourth-order valence-electron chi connectivity index (χ4n) is 1.76. The molecule has 0 amide bonds. The van der Waals surface area contributed by atoms with Gasteiger partial charge < -0.3 is 11.1 Å². The third-order valence-corrected chi connectivity index (χ3v) is 4.28. The number of benzene rings is 1. The van der Waals surface area contributed by atoms with Crippen molar-refractivity contribution in [3.8, 4) is 0 Å². The van der Waals surface area contributed by atoms with Gasteiger partial charge in [0.1, 0.15) is 0 Å². The summed E-state index contributed by atoms with van der Waals surface area (Å²) in [5.41, 5.74) is 7.56. The van der Waals surface area contributed by atoms with E-state index in [2.05, 4.69) is 37.3 Å². The summed E-state index contributed by atoms with van der Waals surface area (Å²) < 4.78 is 1.11. The van der Waals surface area contributed by atoms with Gasteiger partial charge in [0, 0.05) is 4.88 Å². The van der Waals surface area contributed by atoms with Gasteiger partial charge in [0.15, 0.2) is 11.6 Å². The molecule has 0 bridgehead atoms. The van der Waals surface area contributed by atoms with Crippen LogP contribution in [0.1, 0.15) is 4.88 Å². The molecule has 0 spiro atoms. The second-order valence-corrected chi connectivity index (χ2v) is 6.55. The van der Waals surface area contributed by atoms with Gasteiger partial charge in [-0.15, -0.1) is 11.3 Å². The van der Waals surface area contributed by atoms with Crippen LogP contribution in [0.3, 0.4) is 0 Å². The number of aromatic nitrogens is 2. The van der Waals surface area contributed by atoms with Crippen molar-refractivity contribution >= 4 is 49.9 Å². The standard InChI is InChI=1S/C13H11BrN4S/c14-11-6-5-8(19-11)7-16-13-12(15)17-9-3-1-2-4-10(9)18-13/h1-6H,7H2,(H2,15,17)(H,16,18). The molecular weight excluding hydrogens is 324 g/mol. The predicted octanol–water partition coefficient (Wildman–Crippen LogP) is 3.65. The van der Waals surface area contributed by atoms with Gasteiger partial charge in [0.05, 0.1) is 21.4 Å². The number of nitrogens with two attached hydrogens (primary N) is 1. The number of halogens is 1. The maximum atomic E-state index is 5.91. The Hall–Kier alpha value is -1.66. The highest BCUT2D eigenvalue weighted by Crippen LogP contribution is 2.24. The van der Waals surface area contributed by atoms with E-state index < -0.39 is 0 Å². The van der Waals surface area contributed by atoms with E-state index in [1.165, 1.54) is 4.88 Å². The number of nitrogens with zero attached hydrogens (tertiary/aromatic N) is 2. The normalized spacial score (nSPS) is 10.8. The van der Waals surface area contributed by atoms with Crippen LogP contribution in [0.15, 0.2) is 40.2 Å². The topological polar surface area (TPSA) is 63.8 Å². The van der Waals surface area contributed by atoms with Gasteiger partial charge in [0.2, 0.25) is 0 Å². The average molecular weight is 335 g/mol. The fraction of sp³-hybridized carbons (Fsp3) is 0.0769. The third kappa shape index (κ3) is 2.69. The minimum Gasteiger partial charge on any atom is -0.381 e. The SMILES string of the molecule is Nc1nc2ccccc2nc1NCc1ccc(Br)s1. The summed E-state index contributed by atoms with van der Waals surface area (Å²) >= 11 is 5.13. The van der Waals surface area contributed by atoms with E-state index in [9.17, 15) is 0 Å². The Labute approximate surface area is 122 Å². The van der Waals surface area contributed by atoms with E-state index in [-0.39, 0.29) is 0 Å². The van der Waals surface area contributed by atoms with Gasteiger partial charge in [-0.3, -0.25) is 0 Å². The minimum absolute atomic E-state index is 0.425. The molecule has 0 saturated carbocycles. The highest BCUT2D eigenvalue weighted by molar-refractivity contribution is 9.11. The van der Waals surface area contributed by atoms with Crippen molar-refractivity contribution in [3.63, 3.8) is 0 Å². The maximum absolute atomic E-state index is 5.91. The Morgan fingerprint density at radius 3 is 2.53 bits per heavy atom. The zero-order valence-corrected chi connectivity index (χ0v) is 12.3. The van der Waals surface area contributed by atoms with Gasteiger partial charge in [0.25, 0.3) is 0 Å². The quantitative estimate of drug-likeness (QED) is 0.767. The molecule has 3 aromatic rings. The smallest absolute Gasteiger partial charge is 0.169 e. The van der Waals surface area contributed by atoms with Crippen molar-refractivity contribution in [1.29, 1.82) is 0 Å². The summed E-state index contributed by atoms with van der Waals surface area (Å²) in [5.74, 6) is 1.05. The van der Waals surface area contributed by atoms with Crippen LogP contribution in [0.25, 0.3) is 11.0 Å². The number of para-hydroxylation sites is 2. The van der Waals surface area contributed by atoms with Crippen LogP contribution in [0.2, 0.25) is 0 Å².